The van der Waals surface area contributed by atoms with Crippen molar-refractivity contribution in [3.63, 3.8) is 0 Å². The molecule has 1 nitrogen and oxygen atoms in total. The van der Waals surface area contributed by atoms with Gasteiger partial charge in [-0.3, -0.25) is 4.98 Å². The predicted molar refractivity (Wildman–Crippen MR) is 48.5 cm³/mol. The Kier molecular flexibility index (Phi) is 2.74. The minimum atomic E-state index is -4.44. The Balaban J connectivity index is 2.93. The number of pyridine rings is 1. The second kappa shape index (κ2) is 3.65. The van der Waals surface area contributed by atoms with Crippen LogP contribution >= 0.6 is 0 Å². The van der Waals surface area contributed by atoms with Crippen LogP contribution in [0.5, 0.6) is 0 Å². The van der Waals surface area contributed by atoms with E-state index in [4.69, 9.17) is 0 Å². The molecule has 1 aromatic heterocycles. The molecule has 1 aromatic rings. The number of halogens is 3. The molecule has 0 aliphatic rings. The molecular formula is C10H8F3N. The normalized spacial score (nSPS) is 11.1. The van der Waals surface area contributed by atoms with Gasteiger partial charge in [-0.05, 0) is 17.2 Å². The summed E-state index contributed by atoms with van der Waals surface area (Å²) in [6, 6.07) is 3.05. The lowest BCUT2D eigenvalue weighted by atomic mass is 10.0. The third-order valence-corrected chi connectivity index (χ3v) is 1.72. The van der Waals surface area contributed by atoms with Gasteiger partial charge in [-0.15, -0.1) is 0 Å². The van der Waals surface area contributed by atoms with Crippen molar-refractivity contribution in [2.45, 2.75) is 6.18 Å². The molecule has 0 saturated carbocycles. The quantitative estimate of drug-likeness (QED) is 0.666. The molecule has 0 aliphatic carbocycles. The molecule has 1 rings (SSSR count). The predicted octanol–water partition coefficient (Wildman–Crippen LogP) is 3.21. The third-order valence-electron chi connectivity index (χ3n) is 1.72. The van der Waals surface area contributed by atoms with Gasteiger partial charge in [-0.2, -0.15) is 13.2 Å². The molecule has 74 valence electrons. The van der Waals surface area contributed by atoms with Crippen LogP contribution in [0, 0.1) is 0 Å². The summed E-state index contributed by atoms with van der Waals surface area (Å²) in [5.41, 5.74) is -0.758. The standard InChI is InChI=1S/C10H8F3N/c1-7(8(2)10(11,12)13)9-4-3-5-14-6-9/h3-6H,1-2H2. The smallest absolute Gasteiger partial charge is 0.264 e. The number of allylic oxidation sites excluding steroid dienone is 2. The van der Waals surface area contributed by atoms with E-state index in [1.165, 1.54) is 18.5 Å². The van der Waals surface area contributed by atoms with Crippen molar-refractivity contribution < 1.29 is 13.2 Å². The summed E-state index contributed by atoms with van der Waals surface area (Å²) in [6.45, 7) is 6.28. The monoisotopic (exact) mass is 199 g/mol. The number of rotatable bonds is 2. The Labute approximate surface area is 79.6 Å². The van der Waals surface area contributed by atoms with E-state index in [1.54, 1.807) is 6.07 Å². The molecule has 0 fully saturated rings. The lowest BCUT2D eigenvalue weighted by Gasteiger charge is -2.12. The van der Waals surface area contributed by atoms with Crippen LogP contribution in [0.15, 0.2) is 43.3 Å². The van der Waals surface area contributed by atoms with Crippen molar-refractivity contribution in [3.05, 3.63) is 48.8 Å². The van der Waals surface area contributed by atoms with Crippen LogP contribution in [0.25, 0.3) is 5.57 Å². The summed E-state index contributed by atoms with van der Waals surface area (Å²) in [6.07, 6.45) is -1.64. The second-order valence-electron chi connectivity index (χ2n) is 2.70. The molecule has 0 aliphatic heterocycles. The van der Waals surface area contributed by atoms with Crippen molar-refractivity contribution >= 4 is 5.57 Å². The lowest BCUT2D eigenvalue weighted by molar-refractivity contribution is -0.0866. The maximum absolute atomic E-state index is 12.2. The average molecular weight is 199 g/mol. The molecule has 0 spiro atoms. The van der Waals surface area contributed by atoms with Crippen molar-refractivity contribution in [3.8, 4) is 0 Å². The molecule has 0 amide bonds. The van der Waals surface area contributed by atoms with Gasteiger partial charge in [0.25, 0.3) is 0 Å². The summed E-state index contributed by atoms with van der Waals surface area (Å²) < 4.78 is 36.6. The summed E-state index contributed by atoms with van der Waals surface area (Å²) in [7, 11) is 0. The maximum atomic E-state index is 12.2. The van der Waals surface area contributed by atoms with Gasteiger partial charge >= 0.3 is 6.18 Å². The fourth-order valence-electron chi connectivity index (χ4n) is 0.887. The van der Waals surface area contributed by atoms with Crippen LogP contribution in [0.2, 0.25) is 0 Å². The summed E-state index contributed by atoms with van der Waals surface area (Å²) >= 11 is 0. The zero-order chi connectivity index (χ0) is 10.8. The molecule has 0 unspecified atom stereocenters. The zero-order valence-corrected chi connectivity index (χ0v) is 7.30. The van der Waals surface area contributed by atoms with E-state index in [2.05, 4.69) is 18.1 Å². The Morgan fingerprint density at radius 3 is 2.36 bits per heavy atom. The highest BCUT2D eigenvalue weighted by atomic mass is 19.4. The highest BCUT2D eigenvalue weighted by Gasteiger charge is 2.33. The topological polar surface area (TPSA) is 12.9 Å². The van der Waals surface area contributed by atoms with Crippen LogP contribution < -0.4 is 0 Å². The van der Waals surface area contributed by atoms with Gasteiger partial charge in [0.1, 0.15) is 0 Å². The van der Waals surface area contributed by atoms with Gasteiger partial charge in [0.2, 0.25) is 0 Å². The largest absolute Gasteiger partial charge is 0.416 e. The SMILES string of the molecule is C=C(C(=C)C(F)(F)F)c1cccnc1. The first-order valence-electron chi connectivity index (χ1n) is 3.78. The highest BCUT2D eigenvalue weighted by Crippen LogP contribution is 2.33. The molecule has 14 heavy (non-hydrogen) atoms. The first-order valence-corrected chi connectivity index (χ1v) is 3.78. The molecule has 1 heterocycles. The summed E-state index contributed by atoms with van der Waals surface area (Å²) in [5, 5.41) is 0. The van der Waals surface area contributed by atoms with E-state index in [1.807, 2.05) is 0 Å². The molecular weight excluding hydrogens is 191 g/mol. The van der Waals surface area contributed by atoms with Crippen LogP contribution in [0.1, 0.15) is 5.56 Å². The Morgan fingerprint density at radius 2 is 1.93 bits per heavy atom. The van der Waals surface area contributed by atoms with Crippen molar-refractivity contribution in [1.82, 2.24) is 4.98 Å². The van der Waals surface area contributed by atoms with E-state index < -0.39 is 11.7 Å². The van der Waals surface area contributed by atoms with Crippen molar-refractivity contribution in [2.24, 2.45) is 0 Å². The Bertz CT molecular complexity index is 351. The number of alkyl halides is 3. The van der Waals surface area contributed by atoms with E-state index in [0.717, 1.165) is 0 Å². The average Bonchev–Trinajstić information content (AvgIpc) is 2.15. The van der Waals surface area contributed by atoms with Crippen LogP contribution in [0.4, 0.5) is 13.2 Å². The van der Waals surface area contributed by atoms with Crippen LogP contribution in [-0.4, -0.2) is 11.2 Å². The second-order valence-corrected chi connectivity index (χ2v) is 2.70. The molecule has 0 bridgehead atoms. The fourth-order valence-corrected chi connectivity index (χ4v) is 0.887. The van der Waals surface area contributed by atoms with Crippen LogP contribution in [0.3, 0.4) is 0 Å². The van der Waals surface area contributed by atoms with Gasteiger partial charge in [0, 0.05) is 12.4 Å². The molecule has 0 aromatic carbocycles. The van der Waals surface area contributed by atoms with E-state index in [0.29, 0.717) is 5.56 Å². The Hall–Kier alpha value is -1.58. The van der Waals surface area contributed by atoms with E-state index in [9.17, 15) is 13.2 Å². The van der Waals surface area contributed by atoms with Gasteiger partial charge in [0.05, 0.1) is 5.57 Å². The zero-order valence-electron chi connectivity index (χ0n) is 7.30. The minimum absolute atomic E-state index is 0.148. The Morgan fingerprint density at radius 1 is 1.29 bits per heavy atom. The van der Waals surface area contributed by atoms with Gasteiger partial charge in [-0.1, -0.05) is 19.2 Å². The van der Waals surface area contributed by atoms with E-state index in [-0.39, 0.29) is 5.57 Å². The first kappa shape index (κ1) is 10.5. The number of nitrogens with zero attached hydrogens (tertiary/aromatic N) is 1. The first-order chi connectivity index (χ1) is 6.43. The van der Waals surface area contributed by atoms with Crippen molar-refractivity contribution in [1.29, 1.82) is 0 Å². The van der Waals surface area contributed by atoms with Crippen molar-refractivity contribution in [2.75, 3.05) is 0 Å². The molecule has 0 radical (unpaired) electrons. The summed E-state index contributed by atoms with van der Waals surface area (Å²) in [5.74, 6) is 0. The lowest BCUT2D eigenvalue weighted by Crippen LogP contribution is -2.11. The maximum Gasteiger partial charge on any atom is 0.416 e. The van der Waals surface area contributed by atoms with Gasteiger partial charge in [-0.25, -0.2) is 0 Å². The van der Waals surface area contributed by atoms with Gasteiger partial charge in [0.15, 0.2) is 0 Å². The minimum Gasteiger partial charge on any atom is -0.264 e. The number of hydrogen-bond donors (Lipinski definition) is 0. The van der Waals surface area contributed by atoms with Gasteiger partial charge < -0.3 is 0 Å². The molecule has 0 atom stereocenters. The highest BCUT2D eigenvalue weighted by molar-refractivity contribution is 5.77. The molecule has 4 heteroatoms. The fraction of sp³-hybridized carbons (Fsp3) is 0.100. The molecule has 0 N–H and O–H groups in total. The number of aromatic nitrogens is 1. The third kappa shape index (κ3) is 2.22. The number of hydrogen-bond acceptors (Lipinski definition) is 1. The van der Waals surface area contributed by atoms with E-state index >= 15 is 0 Å². The van der Waals surface area contributed by atoms with Crippen LogP contribution in [-0.2, 0) is 0 Å². The summed E-state index contributed by atoms with van der Waals surface area (Å²) in [4.78, 5) is 3.70. The molecule has 0 saturated heterocycles.